The van der Waals surface area contributed by atoms with Gasteiger partial charge in [-0.25, -0.2) is 9.29 Å². The molecule has 8 nitrogen and oxygen atoms in total. The standard InChI is InChI=1S/C18H11FIN3O5S/c1-28-15-12(20)7-9(8-14(15)23(26)27)6-10-16(24)21-18(29)22(17(10)25)13-5-3-2-4-11(13)19/h2-8H,1H3,(H,21,24,29)/b10-6+. The molecule has 148 valence electrons. The van der Waals surface area contributed by atoms with E-state index in [2.05, 4.69) is 5.32 Å². The summed E-state index contributed by atoms with van der Waals surface area (Å²) in [5.41, 5.74) is -0.570. The Labute approximate surface area is 182 Å². The van der Waals surface area contributed by atoms with Crippen LogP contribution in [-0.4, -0.2) is 29.0 Å². The van der Waals surface area contributed by atoms with Crippen molar-refractivity contribution in [2.75, 3.05) is 12.0 Å². The van der Waals surface area contributed by atoms with Gasteiger partial charge in [0.2, 0.25) is 5.75 Å². The van der Waals surface area contributed by atoms with E-state index < -0.39 is 22.6 Å². The molecule has 0 saturated carbocycles. The van der Waals surface area contributed by atoms with Crippen molar-refractivity contribution in [3.05, 3.63) is 67.0 Å². The molecule has 0 spiro atoms. The fourth-order valence-corrected chi connectivity index (χ4v) is 3.83. The Bertz CT molecular complexity index is 1100. The van der Waals surface area contributed by atoms with Gasteiger partial charge in [-0.2, -0.15) is 0 Å². The normalized spacial score (nSPS) is 15.5. The van der Waals surface area contributed by atoms with Crippen molar-refractivity contribution in [3.8, 4) is 5.75 Å². The predicted octanol–water partition coefficient (Wildman–Crippen LogP) is 3.18. The molecule has 1 aliphatic rings. The van der Waals surface area contributed by atoms with E-state index in [0.717, 1.165) is 11.0 Å². The third-order valence-electron chi connectivity index (χ3n) is 3.95. The van der Waals surface area contributed by atoms with Crippen LogP contribution in [0.3, 0.4) is 0 Å². The van der Waals surface area contributed by atoms with Crippen LogP contribution in [0.25, 0.3) is 6.08 Å². The summed E-state index contributed by atoms with van der Waals surface area (Å²) in [6.45, 7) is 0. The summed E-state index contributed by atoms with van der Waals surface area (Å²) in [6.07, 6.45) is 1.18. The molecule has 2 aromatic carbocycles. The van der Waals surface area contributed by atoms with Crippen LogP contribution >= 0.6 is 34.8 Å². The number of ether oxygens (including phenoxy) is 1. The van der Waals surface area contributed by atoms with Gasteiger partial charge >= 0.3 is 5.69 Å². The van der Waals surface area contributed by atoms with Gasteiger partial charge in [-0.15, -0.1) is 0 Å². The number of benzene rings is 2. The van der Waals surface area contributed by atoms with E-state index in [4.69, 9.17) is 17.0 Å². The van der Waals surface area contributed by atoms with Crippen molar-refractivity contribution in [3.63, 3.8) is 0 Å². The first-order valence-electron chi connectivity index (χ1n) is 7.92. The number of halogens is 2. The van der Waals surface area contributed by atoms with E-state index in [-0.39, 0.29) is 33.4 Å². The second-order valence-corrected chi connectivity index (χ2v) is 7.27. The zero-order chi connectivity index (χ0) is 21.3. The molecule has 0 bridgehead atoms. The number of nitrogens with zero attached hydrogens (tertiary/aromatic N) is 2. The Kier molecular flexibility index (Phi) is 5.88. The Morgan fingerprint density at radius 3 is 2.62 bits per heavy atom. The van der Waals surface area contributed by atoms with E-state index in [1.165, 1.54) is 43.5 Å². The first-order chi connectivity index (χ1) is 13.7. The molecule has 29 heavy (non-hydrogen) atoms. The highest BCUT2D eigenvalue weighted by Gasteiger charge is 2.35. The zero-order valence-electron chi connectivity index (χ0n) is 14.6. The lowest BCUT2D eigenvalue weighted by Gasteiger charge is -2.29. The summed E-state index contributed by atoms with van der Waals surface area (Å²) in [5.74, 6) is -2.28. The number of nitro groups is 1. The topological polar surface area (TPSA) is 102 Å². The fraction of sp³-hybridized carbons (Fsp3) is 0.0556. The quantitative estimate of drug-likeness (QED) is 0.164. The lowest BCUT2D eigenvalue weighted by molar-refractivity contribution is -0.385. The second-order valence-electron chi connectivity index (χ2n) is 5.72. The molecule has 1 aliphatic heterocycles. The molecule has 0 aromatic heterocycles. The zero-order valence-corrected chi connectivity index (χ0v) is 17.6. The predicted molar refractivity (Wildman–Crippen MR) is 115 cm³/mol. The third-order valence-corrected chi connectivity index (χ3v) is 5.04. The number of methoxy groups -OCH3 is 1. The third kappa shape index (κ3) is 3.96. The van der Waals surface area contributed by atoms with Crippen LogP contribution < -0.4 is 15.0 Å². The number of hydrogen-bond donors (Lipinski definition) is 1. The molecule has 0 aliphatic carbocycles. The highest BCUT2D eigenvalue weighted by atomic mass is 127. The number of nitro benzene ring substituents is 1. The summed E-state index contributed by atoms with van der Waals surface area (Å²) in [4.78, 5) is 36.8. The Hall–Kier alpha value is -2.93. The van der Waals surface area contributed by atoms with Gasteiger partial charge in [0.05, 0.1) is 21.3 Å². The van der Waals surface area contributed by atoms with Gasteiger partial charge in [0.25, 0.3) is 11.8 Å². The van der Waals surface area contributed by atoms with Crippen molar-refractivity contribution in [2.45, 2.75) is 0 Å². The average Bonchev–Trinajstić information content (AvgIpc) is 2.66. The second kappa shape index (κ2) is 8.21. The number of thiocarbonyl (C=S) groups is 1. The van der Waals surface area contributed by atoms with E-state index in [1.54, 1.807) is 0 Å². The van der Waals surface area contributed by atoms with Gasteiger partial charge in [0.15, 0.2) is 5.11 Å². The Morgan fingerprint density at radius 2 is 2.00 bits per heavy atom. The molecule has 0 radical (unpaired) electrons. The van der Waals surface area contributed by atoms with E-state index in [9.17, 15) is 24.1 Å². The number of anilines is 1. The number of para-hydroxylation sites is 1. The Morgan fingerprint density at radius 1 is 1.31 bits per heavy atom. The average molecular weight is 527 g/mol. The molecule has 2 amide bonds. The maximum Gasteiger partial charge on any atom is 0.312 e. The molecular formula is C18H11FIN3O5S. The molecule has 0 unspecified atom stereocenters. The lowest BCUT2D eigenvalue weighted by Crippen LogP contribution is -2.54. The van der Waals surface area contributed by atoms with Crippen molar-refractivity contribution < 1.29 is 23.6 Å². The van der Waals surface area contributed by atoms with E-state index in [0.29, 0.717) is 3.57 Å². The largest absolute Gasteiger partial charge is 0.489 e. The number of rotatable bonds is 4. The molecule has 1 N–H and O–H groups in total. The van der Waals surface area contributed by atoms with E-state index >= 15 is 0 Å². The molecule has 1 fully saturated rings. The molecule has 0 atom stereocenters. The highest BCUT2D eigenvalue weighted by molar-refractivity contribution is 14.1. The minimum atomic E-state index is -0.850. The van der Waals surface area contributed by atoms with Crippen LogP contribution in [0.2, 0.25) is 0 Å². The Balaban J connectivity index is 2.10. The molecule has 2 aromatic rings. The van der Waals surface area contributed by atoms with Crippen LogP contribution in [0.15, 0.2) is 42.0 Å². The van der Waals surface area contributed by atoms with Crippen LogP contribution in [-0.2, 0) is 9.59 Å². The smallest absolute Gasteiger partial charge is 0.312 e. The van der Waals surface area contributed by atoms with Gasteiger partial charge in [-0.05, 0) is 64.6 Å². The summed E-state index contributed by atoms with van der Waals surface area (Å²) < 4.78 is 19.6. The number of carbonyl (C=O) groups excluding carboxylic acids is 2. The van der Waals surface area contributed by atoms with Gasteiger partial charge in [0.1, 0.15) is 11.4 Å². The van der Waals surface area contributed by atoms with Gasteiger partial charge in [-0.3, -0.25) is 25.0 Å². The molecule has 11 heteroatoms. The van der Waals surface area contributed by atoms with Crippen LogP contribution in [0.1, 0.15) is 5.56 Å². The monoisotopic (exact) mass is 527 g/mol. The highest BCUT2D eigenvalue weighted by Crippen LogP contribution is 2.34. The van der Waals surface area contributed by atoms with Crippen molar-refractivity contribution >= 4 is 69.2 Å². The summed E-state index contributed by atoms with van der Waals surface area (Å²) in [7, 11) is 1.30. The number of amides is 2. The van der Waals surface area contributed by atoms with Gasteiger partial charge < -0.3 is 4.74 Å². The minimum absolute atomic E-state index is 0.0614. The first-order valence-corrected chi connectivity index (χ1v) is 9.41. The van der Waals surface area contributed by atoms with Crippen molar-refractivity contribution in [1.82, 2.24) is 5.32 Å². The van der Waals surface area contributed by atoms with Crippen LogP contribution in [0, 0.1) is 19.5 Å². The molecule has 1 heterocycles. The maximum atomic E-state index is 14.2. The van der Waals surface area contributed by atoms with Gasteiger partial charge in [-0.1, -0.05) is 12.1 Å². The molecule has 3 rings (SSSR count). The van der Waals surface area contributed by atoms with Crippen LogP contribution in [0.5, 0.6) is 5.75 Å². The maximum absolute atomic E-state index is 14.2. The number of nitrogens with one attached hydrogen (secondary N) is 1. The van der Waals surface area contributed by atoms with Crippen LogP contribution in [0.4, 0.5) is 15.8 Å². The first kappa shape index (κ1) is 20.8. The van der Waals surface area contributed by atoms with Crippen molar-refractivity contribution in [1.29, 1.82) is 0 Å². The minimum Gasteiger partial charge on any atom is -0.489 e. The summed E-state index contributed by atoms with van der Waals surface area (Å²) in [6, 6.07) is 8.15. The van der Waals surface area contributed by atoms with Crippen molar-refractivity contribution in [2.24, 2.45) is 0 Å². The number of carbonyl (C=O) groups is 2. The number of hydrogen-bond acceptors (Lipinski definition) is 6. The fourth-order valence-electron chi connectivity index (χ4n) is 2.70. The SMILES string of the molecule is COc1c(I)cc(/C=C2\C(=O)NC(=S)N(c3ccccc3F)C2=O)cc1[N+](=O)[O-]. The van der Waals surface area contributed by atoms with Gasteiger partial charge in [0, 0.05) is 6.07 Å². The summed E-state index contributed by atoms with van der Waals surface area (Å²) >= 11 is 6.87. The summed E-state index contributed by atoms with van der Waals surface area (Å²) in [5, 5.41) is 13.4. The lowest BCUT2D eigenvalue weighted by atomic mass is 10.1. The van der Waals surface area contributed by atoms with E-state index in [1.807, 2.05) is 22.6 Å². The molecule has 1 saturated heterocycles. The molecular weight excluding hydrogens is 516 g/mol.